The summed E-state index contributed by atoms with van der Waals surface area (Å²) < 4.78 is 20.0. The average Bonchev–Trinajstić information content (AvgIpc) is 2.28. The highest BCUT2D eigenvalue weighted by atomic mass is 31.2. The summed E-state index contributed by atoms with van der Waals surface area (Å²) in [6, 6.07) is 0. The molecule has 0 aromatic carbocycles. The van der Waals surface area contributed by atoms with Gasteiger partial charge in [-0.3, -0.25) is 4.57 Å². The van der Waals surface area contributed by atoms with E-state index in [1.807, 2.05) is 24.6 Å². The summed E-state index contributed by atoms with van der Waals surface area (Å²) in [5.74, 6) is 1.78. The van der Waals surface area contributed by atoms with Gasteiger partial charge >= 0.3 is 0 Å². The van der Waals surface area contributed by atoms with Crippen LogP contribution in [0.5, 0.6) is 0 Å². The van der Waals surface area contributed by atoms with Crippen LogP contribution >= 0.6 is 7.52 Å². The fourth-order valence-corrected chi connectivity index (χ4v) is 3.92. The molecule has 0 aliphatic carbocycles. The standard InChI is InChI=1S/C11H22NO2P/c1-3-5-11-15(13,14-4-2)12-9-7-6-8-10-12/h5,11H,3-4,6-10H2,1-2H3/b11-5+. The van der Waals surface area contributed by atoms with E-state index in [1.54, 1.807) is 5.82 Å². The van der Waals surface area contributed by atoms with Crippen LogP contribution in [0.15, 0.2) is 11.9 Å². The van der Waals surface area contributed by atoms with Crippen molar-refractivity contribution in [2.45, 2.75) is 39.5 Å². The molecule has 1 aliphatic heterocycles. The highest BCUT2D eigenvalue weighted by Crippen LogP contribution is 2.53. The minimum absolute atomic E-state index is 0.516. The van der Waals surface area contributed by atoms with Crippen molar-refractivity contribution in [2.75, 3.05) is 19.7 Å². The maximum absolute atomic E-state index is 12.5. The Morgan fingerprint density at radius 2 is 1.93 bits per heavy atom. The van der Waals surface area contributed by atoms with Crippen LogP contribution in [0.1, 0.15) is 39.5 Å². The van der Waals surface area contributed by atoms with Gasteiger partial charge in [-0.2, -0.15) is 0 Å². The summed E-state index contributed by atoms with van der Waals surface area (Å²) in [5, 5.41) is 0. The summed E-state index contributed by atoms with van der Waals surface area (Å²) in [7, 11) is -2.66. The molecule has 1 rings (SSSR count). The Bertz CT molecular complexity index is 247. The van der Waals surface area contributed by atoms with E-state index < -0.39 is 7.52 Å². The van der Waals surface area contributed by atoms with Crippen LogP contribution in [-0.2, 0) is 9.09 Å². The van der Waals surface area contributed by atoms with E-state index in [-0.39, 0.29) is 0 Å². The van der Waals surface area contributed by atoms with Crippen LogP contribution in [0.25, 0.3) is 0 Å². The Balaban J connectivity index is 2.69. The van der Waals surface area contributed by atoms with Gasteiger partial charge in [0, 0.05) is 18.9 Å². The van der Waals surface area contributed by atoms with Gasteiger partial charge in [0.25, 0.3) is 7.52 Å². The molecule has 0 bridgehead atoms. The zero-order valence-corrected chi connectivity index (χ0v) is 10.7. The van der Waals surface area contributed by atoms with Crippen molar-refractivity contribution in [2.24, 2.45) is 0 Å². The van der Waals surface area contributed by atoms with E-state index in [0.717, 1.165) is 32.4 Å². The fraction of sp³-hybridized carbons (Fsp3) is 0.818. The average molecular weight is 231 g/mol. The lowest BCUT2D eigenvalue weighted by atomic mass is 10.2. The van der Waals surface area contributed by atoms with Gasteiger partial charge in [0.15, 0.2) is 0 Å². The molecule has 0 aromatic heterocycles. The second kappa shape index (κ2) is 6.47. The van der Waals surface area contributed by atoms with Crippen LogP contribution in [-0.4, -0.2) is 24.4 Å². The monoisotopic (exact) mass is 231 g/mol. The largest absolute Gasteiger partial charge is 0.315 e. The van der Waals surface area contributed by atoms with Gasteiger partial charge in [0.1, 0.15) is 0 Å². The highest BCUT2D eigenvalue weighted by molar-refractivity contribution is 7.59. The number of piperidine rings is 1. The Hall–Kier alpha value is -0.110. The minimum atomic E-state index is -2.66. The van der Waals surface area contributed by atoms with E-state index in [4.69, 9.17) is 4.52 Å². The summed E-state index contributed by atoms with van der Waals surface area (Å²) in [6.45, 7) is 6.28. The van der Waals surface area contributed by atoms with E-state index in [1.165, 1.54) is 6.42 Å². The van der Waals surface area contributed by atoms with Crippen molar-refractivity contribution in [3.8, 4) is 0 Å². The molecule has 1 fully saturated rings. The molecular weight excluding hydrogens is 209 g/mol. The molecule has 0 saturated carbocycles. The van der Waals surface area contributed by atoms with Crippen molar-refractivity contribution in [3.05, 3.63) is 11.9 Å². The molecule has 0 amide bonds. The maximum Gasteiger partial charge on any atom is 0.294 e. The van der Waals surface area contributed by atoms with Crippen molar-refractivity contribution >= 4 is 7.52 Å². The molecule has 1 unspecified atom stereocenters. The predicted octanol–water partition coefficient (Wildman–Crippen LogP) is 3.63. The molecule has 0 N–H and O–H groups in total. The highest BCUT2D eigenvalue weighted by Gasteiger charge is 2.29. The van der Waals surface area contributed by atoms with Gasteiger partial charge in [-0.15, -0.1) is 0 Å². The quantitative estimate of drug-likeness (QED) is 0.677. The van der Waals surface area contributed by atoms with E-state index in [0.29, 0.717) is 6.61 Å². The normalized spacial score (nSPS) is 23.1. The number of hydrogen-bond donors (Lipinski definition) is 0. The first-order valence-corrected chi connectivity index (χ1v) is 7.55. The van der Waals surface area contributed by atoms with E-state index >= 15 is 0 Å². The zero-order valence-electron chi connectivity index (χ0n) is 9.82. The van der Waals surface area contributed by atoms with E-state index in [2.05, 4.69) is 0 Å². The summed E-state index contributed by atoms with van der Waals surface area (Å²) >= 11 is 0. The van der Waals surface area contributed by atoms with Crippen LogP contribution in [0, 0.1) is 0 Å². The molecule has 15 heavy (non-hydrogen) atoms. The Morgan fingerprint density at radius 3 is 2.47 bits per heavy atom. The van der Waals surface area contributed by atoms with Gasteiger partial charge in [-0.25, -0.2) is 4.67 Å². The first-order chi connectivity index (χ1) is 7.23. The lowest BCUT2D eigenvalue weighted by Gasteiger charge is -2.31. The third-order valence-corrected chi connectivity index (χ3v) is 4.97. The molecule has 1 atom stereocenters. The van der Waals surface area contributed by atoms with Crippen molar-refractivity contribution in [1.82, 2.24) is 4.67 Å². The van der Waals surface area contributed by atoms with Crippen LogP contribution in [0.4, 0.5) is 0 Å². The lowest BCUT2D eigenvalue weighted by Crippen LogP contribution is -2.27. The molecule has 1 heterocycles. The number of allylic oxidation sites excluding steroid dienone is 1. The SMILES string of the molecule is CC/C=C/P(=O)(OCC)N1CCCCC1. The number of hydrogen-bond acceptors (Lipinski definition) is 2. The van der Waals surface area contributed by atoms with Crippen molar-refractivity contribution in [3.63, 3.8) is 0 Å². The maximum atomic E-state index is 12.5. The molecule has 1 aliphatic rings. The second-order valence-corrected chi connectivity index (χ2v) is 6.04. The van der Waals surface area contributed by atoms with Gasteiger partial charge in [0.2, 0.25) is 0 Å². The fourth-order valence-electron chi connectivity index (χ4n) is 1.80. The van der Waals surface area contributed by atoms with Gasteiger partial charge in [0.05, 0.1) is 6.61 Å². The van der Waals surface area contributed by atoms with E-state index in [9.17, 15) is 4.57 Å². The second-order valence-electron chi connectivity index (χ2n) is 3.79. The van der Waals surface area contributed by atoms with Crippen LogP contribution in [0.2, 0.25) is 0 Å². The third-order valence-electron chi connectivity index (χ3n) is 2.57. The zero-order chi connectivity index (χ0) is 11.1. The van der Waals surface area contributed by atoms with Gasteiger partial charge < -0.3 is 4.52 Å². The molecule has 88 valence electrons. The van der Waals surface area contributed by atoms with Crippen molar-refractivity contribution in [1.29, 1.82) is 0 Å². The summed E-state index contributed by atoms with van der Waals surface area (Å²) in [6.07, 6.45) is 6.38. The molecule has 1 saturated heterocycles. The molecule has 3 nitrogen and oxygen atoms in total. The predicted molar refractivity (Wildman–Crippen MR) is 64.1 cm³/mol. The smallest absolute Gasteiger partial charge is 0.294 e. The molecule has 4 heteroatoms. The lowest BCUT2D eigenvalue weighted by molar-refractivity contribution is 0.258. The minimum Gasteiger partial charge on any atom is -0.315 e. The van der Waals surface area contributed by atoms with Gasteiger partial charge in [-0.05, 0) is 26.2 Å². The first-order valence-electron chi connectivity index (χ1n) is 5.90. The Labute approximate surface area is 93.0 Å². The Kier molecular flexibility index (Phi) is 5.59. The Morgan fingerprint density at radius 1 is 1.27 bits per heavy atom. The summed E-state index contributed by atoms with van der Waals surface area (Å²) in [5.41, 5.74) is 0. The molecular formula is C11H22NO2P. The topological polar surface area (TPSA) is 29.5 Å². The molecule has 0 aromatic rings. The first kappa shape index (κ1) is 13.0. The number of nitrogens with zero attached hydrogens (tertiary/aromatic N) is 1. The van der Waals surface area contributed by atoms with Gasteiger partial charge in [-0.1, -0.05) is 19.4 Å². The van der Waals surface area contributed by atoms with Crippen LogP contribution < -0.4 is 0 Å². The molecule has 0 spiro atoms. The van der Waals surface area contributed by atoms with Crippen LogP contribution in [0.3, 0.4) is 0 Å². The summed E-state index contributed by atoms with van der Waals surface area (Å²) in [4.78, 5) is 0. The molecule has 0 radical (unpaired) electrons. The third kappa shape index (κ3) is 3.75. The number of rotatable bonds is 5. The van der Waals surface area contributed by atoms with Crippen molar-refractivity contribution < 1.29 is 9.09 Å².